The Labute approximate surface area is 91.4 Å². The minimum absolute atomic E-state index is 0.692. The first kappa shape index (κ1) is 9.86. The smallest absolute Gasteiger partial charge is 0.160 e. The minimum atomic E-state index is 0.692. The van der Waals surface area contributed by atoms with Crippen molar-refractivity contribution in [3.05, 3.63) is 35.3 Å². The number of ether oxygens (including phenoxy) is 1. The highest BCUT2D eigenvalue weighted by Crippen LogP contribution is 2.32. The summed E-state index contributed by atoms with van der Waals surface area (Å²) in [5.74, 6) is 0.719. The van der Waals surface area contributed by atoms with Gasteiger partial charge in [0.25, 0.3) is 0 Å². The monoisotopic (exact) mass is 219 g/mol. The Hall–Kier alpha value is -1.68. The summed E-state index contributed by atoms with van der Waals surface area (Å²) >= 11 is 1.40. The molecule has 0 spiro atoms. The van der Waals surface area contributed by atoms with Crippen LogP contribution in [0.25, 0.3) is 10.6 Å². The van der Waals surface area contributed by atoms with E-state index in [2.05, 4.69) is 4.98 Å². The number of carbonyl (C=O) groups excluding carboxylic acids is 1. The largest absolute Gasteiger partial charge is 0.494 e. The average Bonchev–Trinajstić information content (AvgIpc) is 2.77. The molecule has 76 valence electrons. The van der Waals surface area contributed by atoms with Crippen molar-refractivity contribution >= 4 is 17.6 Å². The summed E-state index contributed by atoms with van der Waals surface area (Å²) in [7, 11) is 1.61. The summed E-state index contributed by atoms with van der Waals surface area (Å²) in [6.07, 6.45) is 2.54. The van der Waals surface area contributed by atoms with Crippen molar-refractivity contribution in [1.29, 1.82) is 0 Å². The fraction of sp³-hybridized carbons (Fsp3) is 0.0909. The first-order valence-corrected chi connectivity index (χ1v) is 5.21. The Morgan fingerprint density at radius 2 is 2.27 bits per heavy atom. The van der Waals surface area contributed by atoms with Crippen LogP contribution in [0.15, 0.2) is 30.5 Å². The van der Waals surface area contributed by atoms with Gasteiger partial charge in [-0.1, -0.05) is 0 Å². The highest BCUT2D eigenvalue weighted by molar-refractivity contribution is 7.17. The fourth-order valence-corrected chi connectivity index (χ4v) is 2.11. The van der Waals surface area contributed by atoms with Gasteiger partial charge < -0.3 is 4.74 Å². The molecule has 0 N–H and O–H groups in total. The van der Waals surface area contributed by atoms with Gasteiger partial charge in [0.05, 0.1) is 16.9 Å². The summed E-state index contributed by atoms with van der Waals surface area (Å²) in [4.78, 5) is 16.4. The van der Waals surface area contributed by atoms with Crippen LogP contribution in [0.3, 0.4) is 0 Å². The van der Waals surface area contributed by atoms with Gasteiger partial charge in [-0.2, -0.15) is 0 Å². The molecule has 0 amide bonds. The number of carbonyl (C=O) groups is 1. The van der Waals surface area contributed by atoms with Crippen LogP contribution in [-0.4, -0.2) is 18.4 Å². The fourth-order valence-electron chi connectivity index (χ4n) is 1.28. The second kappa shape index (κ2) is 4.23. The molecule has 2 rings (SSSR count). The van der Waals surface area contributed by atoms with Crippen LogP contribution in [-0.2, 0) is 0 Å². The highest BCUT2D eigenvalue weighted by atomic mass is 32.1. The lowest BCUT2D eigenvalue weighted by Crippen LogP contribution is -1.88. The molecule has 3 nitrogen and oxygen atoms in total. The average molecular weight is 219 g/mol. The molecule has 0 atom stereocenters. The van der Waals surface area contributed by atoms with Crippen molar-refractivity contribution in [2.45, 2.75) is 0 Å². The van der Waals surface area contributed by atoms with Gasteiger partial charge in [0.15, 0.2) is 6.29 Å². The van der Waals surface area contributed by atoms with Crippen molar-refractivity contribution in [2.24, 2.45) is 0 Å². The molecule has 0 fully saturated rings. The number of aldehydes is 1. The summed E-state index contributed by atoms with van der Waals surface area (Å²) in [5.41, 5.74) is 0.776. The molecular formula is C11H9NO2S. The molecule has 0 aliphatic rings. The number of methoxy groups -OCH3 is 1. The number of rotatable bonds is 3. The second-order valence-electron chi connectivity index (χ2n) is 2.87. The number of aromatic nitrogens is 1. The van der Waals surface area contributed by atoms with Crippen molar-refractivity contribution in [3.63, 3.8) is 0 Å². The number of pyridine rings is 1. The third-order valence-corrected chi connectivity index (χ3v) is 2.98. The van der Waals surface area contributed by atoms with E-state index in [0.717, 1.165) is 22.6 Å². The lowest BCUT2D eigenvalue weighted by Gasteiger charge is -2.03. The molecule has 0 aliphatic carbocycles. The first-order valence-electron chi connectivity index (χ1n) is 4.39. The van der Waals surface area contributed by atoms with Gasteiger partial charge in [-0.05, 0) is 24.3 Å². The molecule has 0 saturated heterocycles. The van der Waals surface area contributed by atoms with E-state index >= 15 is 0 Å². The maximum atomic E-state index is 10.6. The molecular weight excluding hydrogens is 210 g/mol. The van der Waals surface area contributed by atoms with E-state index < -0.39 is 0 Å². The maximum absolute atomic E-state index is 10.6. The SMILES string of the molecule is COc1cccnc1-c1ccc(C=O)s1. The molecule has 0 bridgehead atoms. The Morgan fingerprint density at radius 1 is 1.40 bits per heavy atom. The molecule has 4 heteroatoms. The maximum Gasteiger partial charge on any atom is 0.160 e. The van der Waals surface area contributed by atoms with Crippen LogP contribution in [0, 0.1) is 0 Å². The van der Waals surface area contributed by atoms with E-state index in [1.165, 1.54) is 11.3 Å². The quantitative estimate of drug-likeness (QED) is 0.745. The van der Waals surface area contributed by atoms with Gasteiger partial charge in [0, 0.05) is 6.20 Å². The standard InChI is InChI=1S/C11H9NO2S/c1-14-9-3-2-6-12-11(9)10-5-4-8(7-13)15-10/h2-7H,1H3. The summed E-state index contributed by atoms with van der Waals surface area (Å²) in [6, 6.07) is 7.32. The number of thiophene rings is 1. The minimum Gasteiger partial charge on any atom is -0.494 e. The zero-order valence-corrected chi connectivity index (χ0v) is 8.95. The lowest BCUT2D eigenvalue weighted by molar-refractivity contribution is 0.112. The lowest BCUT2D eigenvalue weighted by atomic mass is 10.3. The Balaban J connectivity index is 2.48. The predicted molar refractivity (Wildman–Crippen MR) is 59.5 cm³/mol. The van der Waals surface area contributed by atoms with Gasteiger partial charge in [0.1, 0.15) is 11.4 Å². The third kappa shape index (κ3) is 1.89. The molecule has 0 radical (unpaired) electrons. The van der Waals surface area contributed by atoms with Crippen LogP contribution in [0.5, 0.6) is 5.75 Å². The zero-order valence-electron chi connectivity index (χ0n) is 8.14. The number of hydrogen-bond acceptors (Lipinski definition) is 4. The molecule has 0 saturated carbocycles. The molecule has 0 aromatic carbocycles. The topological polar surface area (TPSA) is 39.2 Å². The van der Waals surface area contributed by atoms with Gasteiger partial charge in [-0.3, -0.25) is 9.78 Å². The van der Waals surface area contributed by atoms with Crippen LogP contribution < -0.4 is 4.74 Å². The predicted octanol–water partition coefficient (Wildman–Crippen LogP) is 2.63. The Bertz CT molecular complexity index is 479. The Kier molecular flexibility index (Phi) is 2.78. The highest BCUT2D eigenvalue weighted by Gasteiger charge is 2.08. The number of nitrogens with zero attached hydrogens (tertiary/aromatic N) is 1. The van der Waals surface area contributed by atoms with Crippen molar-refractivity contribution < 1.29 is 9.53 Å². The van der Waals surface area contributed by atoms with Gasteiger partial charge >= 0.3 is 0 Å². The second-order valence-corrected chi connectivity index (χ2v) is 3.99. The molecule has 0 aliphatic heterocycles. The molecule has 2 aromatic heterocycles. The first-order chi connectivity index (χ1) is 7.35. The van der Waals surface area contributed by atoms with E-state index in [9.17, 15) is 4.79 Å². The van der Waals surface area contributed by atoms with Gasteiger partial charge in [-0.15, -0.1) is 11.3 Å². The van der Waals surface area contributed by atoms with E-state index in [1.807, 2.05) is 18.2 Å². The van der Waals surface area contributed by atoms with Crippen molar-refractivity contribution in [1.82, 2.24) is 4.98 Å². The molecule has 0 unspecified atom stereocenters. The molecule has 15 heavy (non-hydrogen) atoms. The zero-order chi connectivity index (χ0) is 10.7. The van der Waals surface area contributed by atoms with E-state index in [4.69, 9.17) is 4.74 Å². The van der Waals surface area contributed by atoms with Crippen LogP contribution in [0.2, 0.25) is 0 Å². The van der Waals surface area contributed by atoms with E-state index in [-0.39, 0.29) is 0 Å². The van der Waals surface area contributed by atoms with Crippen molar-refractivity contribution in [3.8, 4) is 16.3 Å². The van der Waals surface area contributed by atoms with Crippen LogP contribution >= 0.6 is 11.3 Å². The third-order valence-electron chi connectivity index (χ3n) is 1.97. The summed E-state index contributed by atoms with van der Waals surface area (Å²) in [5, 5.41) is 0. The normalized spacial score (nSPS) is 9.93. The van der Waals surface area contributed by atoms with Crippen LogP contribution in [0.1, 0.15) is 9.67 Å². The van der Waals surface area contributed by atoms with Crippen molar-refractivity contribution in [2.75, 3.05) is 7.11 Å². The number of hydrogen-bond donors (Lipinski definition) is 0. The summed E-state index contributed by atoms with van der Waals surface area (Å²) < 4.78 is 5.20. The molecule has 2 aromatic rings. The Morgan fingerprint density at radius 3 is 2.93 bits per heavy atom. The molecule has 2 heterocycles. The van der Waals surface area contributed by atoms with Gasteiger partial charge in [-0.25, -0.2) is 0 Å². The van der Waals surface area contributed by atoms with E-state index in [1.54, 1.807) is 19.4 Å². The van der Waals surface area contributed by atoms with Gasteiger partial charge in [0.2, 0.25) is 0 Å². The summed E-state index contributed by atoms with van der Waals surface area (Å²) in [6.45, 7) is 0. The van der Waals surface area contributed by atoms with E-state index in [0.29, 0.717) is 4.88 Å². The van der Waals surface area contributed by atoms with Crippen LogP contribution in [0.4, 0.5) is 0 Å².